The predicted octanol–water partition coefficient (Wildman–Crippen LogP) is 6.35. The smallest absolute Gasteiger partial charge is 0.263 e. The molecule has 0 saturated carbocycles. The highest BCUT2D eigenvalue weighted by molar-refractivity contribution is 9.10. The van der Waals surface area contributed by atoms with Gasteiger partial charge in [0.1, 0.15) is 0 Å². The van der Waals surface area contributed by atoms with E-state index < -0.39 is 0 Å². The fourth-order valence-electron chi connectivity index (χ4n) is 4.96. The standard InChI is InChI=1S/C27H24BrN5OS/c1-2-22-24(28)25(17-9-11-32(12-10-17)27(34)23-8-5-13-35-23)31-26-20(16-30-33(22)26)19-14-18-6-3-4-7-21(18)29-15-19/h3-8,13-17H,2,9-12H2,1H3. The van der Waals surface area contributed by atoms with Crippen molar-refractivity contribution >= 4 is 49.7 Å². The summed E-state index contributed by atoms with van der Waals surface area (Å²) in [5, 5.41) is 7.75. The zero-order valence-electron chi connectivity index (χ0n) is 19.3. The van der Waals surface area contributed by atoms with E-state index in [0.717, 1.165) is 80.8 Å². The summed E-state index contributed by atoms with van der Waals surface area (Å²) in [5.41, 5.74) is 6.00. The van der Waals surface area contributed by atoms with Gasteiger partial charge >= 0.3 is 0 Å². The van der Waals surface area contributed by atoms with Gasteiger partial charge in [0.25, 0.3) is 5.91 Å². The van der Waals surface area contributed by atoms with E-state index >= 15 is 0 Å². The average molecular weight is 546 g/mol. The first-order valence-electron chi connectivity index (χ1n) is 11.9. The van der Waals surface area contributed by atoms with Crippen molar-refractivity contribution in [2.24, 2.45) is 0 Å². The Bertz CT molecular complexity index is 1540. The van der Waals surface area contributed by atoms with Crippen molar-refractivity contribution in [1.29, 1.82) is 0 Å². The van der Waals surface area contributed by atoms with Crippen LogP contribution >= 0.6 is 27.3 Å². The van der Waals surface area contributed by atoms with Gasteiger partial charge in [-0.3, -0.25) is 9.78 Å². The number of hydrogen-bond acceptors (Lipinski definition) is 5. The van der Waals surface area contributed by atoms with Crippen LogP contribution in [0.5, 0.6) is 0 Å². The van der Waals surface area contributed by atoms with E-state index in [1.807, 2.05) is 57.5 Å². The second kappa shape index (κ2) is 9.17. The van der Waals surface area contributed by atoms with Crippen molar-refractivity contribution in [3.05, 3.63) is 81.0 Å². The molecule has 8 heteroatoms. The Morgan fingerprint density at radius 2 is 1.97 bits per heavy atom. The molecule has 0 bridgehead atoms. The summed E-state index contributed by atoms with van der Waals surface area (Å²) >= 11 is 5.36. The zero-order valence-corrected chi connectivity index (χ0v) is 21.7. The molecule has 0 aliphatic carbocycles. The molecule has 0 unspecified atom stereocenters. The summed E-state index contributed by atoms with van der Waals surface area (Å²) in [6, 6.07) is 14.1. The van der Waals surface area contributed by atoms with Crippen molar-refractivity contribution < 1.29 is 4.79 Å². The highest BCUT2D eigenvalue weighted by Gasteiger charge is 2.29. The molecule has 35 heavy (non-hydrogen) atoms. The minimum Gasteiger partial charge on any atom is -0.338 e. The van der Waals surface area contributed by atoms with Crippen molar-refractivity contribution in [2.75, 3.05) is 13.1 Å². The lowest BCUT2D eigenvalue weighted by molar-refractivity contribution is 0.0717. The molecule has 4 aromatic heterocycles. The van der Waals surface area contributed by atoms with Crippen LogP contribution in [-0.2, 0) is 6.42 Å². The van der Waals surface area contributed by atoms with E-state index in [2.05, 4.69) is 40.0 Å². The van der Waals surface area contributed by atoms with E-state index in [9.17, 15) is 4.79 Å². The molecular weight excluding hydrogens is 522 g/mol. The Hall–Kier alpha value is -3.10. The molecule has 1 aliphatic rings. The number of benzene rings is 1. The van der Waals surface area contributed by atoms with Gasteiger partial charge in [0, 0.05) is 41.7 Å². The molecule has 0 atom stereocenters. The lowest BCUT2D eigenvalue weighted by Gasteiger charge is -2.32. The molecule has 1 amide bonds. The van der Waals surface area contributed by atoms with Crippen LogP contribution in [0.15, 0.2) is 64.7 Å². The van der Waals surface area contributed by atoms with Crippen LogP contribution in [-0.4, -0.2) is 43.5 Å². The van der Waals surface area contributed by atoms with E-state index in [1.54, 1.807) is 0 Å². The summed E-state index contributed by atoms with van der Waals surface area (Å²) in [6.45, 7) is 3.62. The number of aryl methyl sites for hydroxylation is 1. The normalized spacial score (nSPS) is 14.7. The lowest BCUT2D eigenvalue weighted by Crippen LogP contribution is -2.37. The van der Waals surface area contributed by atoms with E-state index in [0.29, 0.717) is 0 Å². The van der Waals surface area contributed by atoms with E-state index in [1.165, 1.54) is 11.3 Å². The molecule has 0 spiro atoms. The Morgan fingerprint density at radius 1 is 1.14 bits per heavy atom. The molecule has 5 heterocycles. The average Bonchev–Trinajstić information content (AvgIpc) is 3.58. The predicted molar refractivity (Wildman–Crippen MR) is 143 cm³/mol. The number of amides is 1. The number of fused-ring (bicyclic) bond motifs is 2. The van der Waals surface area contributed by atoms with Crippen molar-refractivity contribution in [1.82, 2.24) is 24.5 Å². The van der Waals surface area contributed by atoms with Crippen molar-refractivity contribution in [3.8, 4) is 11.1 Å². The minimum atomic E-state index is 0.136. The minimum absolute atomic E-state index is 0.136. The fourth-order valence-corrected chi connectivity index (χ4v) is 6.51. The molecule has 176 valence electrons. The molecule has 1 aliphatic heterocycles. The van der Waals surface area contributed by atoms with Crippen LogP contribution in [0.4, 0.5) is 0 Å². The third-order valence-corrected chi connectivity index (χ3v) is 8.56. The van der Waals surface area contributed by atoms with Gasteiger partial charge in [-0.1, -0.05) is 31.2 Å². The van der Waals surface area contributed by atoms with Crippen molar-refractivity contribution in [2.45, 2.75) is 32.1 Å². The zero-order chi connectivity index (χ0) is 23.9. The van der Waals surface area contributed by atoms with Crippen LogP contribution in [0.1, 0.15) is 46.7 Å². The first-order chi connectivity index (χ1) is 17.1. The number of nitrogens with zero attached hydrogens (tertiary/aromatic N) is 5. The number of thiophene rings is 1. The highest BCUT2D eigenvalue weighted by Crippen LogP contribution is 2.36. The van der Waals surface area contributed by atoms with Gasteiger partial charge < -0.3 is 4.90 Å². The number of carbonyl (C=O) groups is 1. The monoisotopic (exact) mass is 545 g/mol. The Kier molecular flexibility index (Phi) is 5.86. The third-order valence-electron chi connectivity index (χ3n) is 6.84. The molecule has 1 aromatic carbocycles. The Morgan fingerprint density at radius 3 is 2.74 bits per heavy atom. The van der Waals surface area contributed by atoms with Crippen LogP contribution in [0.2, 0.25) is 0 Å². The Balaban J connectivity index is 1.36. The second-order valence-corrected chi connectivity index (χ2v) is 10.6. The summed E-state index contributed by atoms with van der Waals surface area (Å²) in [5.74, 6) is 0.418. The topological polar surface area (TPSA) is 63.4 Å². The molecule has 6 rings (SSSR count). The number of aromatic nitrogens is 4. The Labute approximate surface area is 215 Å². The molecule has 0 N–H and O–H groups in total. The van der Waals surface area contributed by atoms with Gasteiger partial charge in [-0.25, -0.2) is 9.50 Å². The first kappa shape index (κ1) is 22.4. The number of rotatable bonds is 4. The summed E-state index contributed by atoms with van der Waals surface area (Å²) in [4.78, 5) is 25.4. The summed E-state index contributed by atoms with van der Waals surface area (Å²) < 4.78 is 2.98. The lowest BCUT2D eigenvalue weighted by atomic mass is 9.92. The maximum atomic E-state index is 12.8. The quantitative estimate of drug-likeness (QED) is 0.264. The number of pyridine rings is 1. The van der Waals surface area contributed by atoms with Crippen molar-refractivity contribution in [3.63, 3.8) is 0 Å². The number of para-hydroxylation sites is 1. The van der Waals surface area contributed by atoms with Gasteiger partial charge in [-0.05, 0) is 58.8 Å². The van der Waals surface area contributed by atoms with E-state index in [-0.39, 0.29) is 11.8 Å². The molecule has 0 radical (unpaired) electrons. The number of likely N-dealkylation sites (tertiary alicyclic amines) is 1. The largest absolute Gasteiger partial charge is 0.338 e. The highest BCUT2D eigenvalue weighted by atomic mass is 79.9. The fraction of sp³-hybridized carbons (Fsp3) is 0.259. The molecule has 6 nitrogen and oxygen atoms in total. The third kappa shape index (κ3) is 3.94. The van der Waals surface area contributed by atoms with Crippen LogP contribution in [0.3, 0.4) is 0 Å². The van der Waals surface area contributed by atoms with Gasteiger partial charge in [0.15, 0.2) is 5.65 Å². The van der Waals surface area contributed by atoms with Gasteiger partial charge in [-0.2, -0.15) is 5.10 Å². The molecule has 1 saturated heterocycles. The SMILES string of the molecule is CCc1c(Br)c(C2CCN(C(=O)c3cccs3)CC2)nc2c(-c3cnc4ccccc4c3)cnn12. The summed E-state index contributed by atoms with van der Waals surface area (Å²) in [7, 11) is 0. The number of carbonyl (C=O) groups excluding carboxylic acids is 1. The molecule has 5 aromatic rings. The van der Waals surface area contributed by atoms with Crippen LogP contribution in [0.25, 0.3) is 27.7 Å². The number of halogens is 1. The van der Waals surface area contributed by atoms with E-state index in [4.69, 9.17) is 10.1 Å². The first-order valence-corrected chi connectivity index (χ1v) is 13.5. The maximum Gasteiger partial charge on any atom is 0.263 e. The van der Waals surface area contributed by atoms with Crippen LogP contribution in [0, 0.1) is 0 Å². The number of piperidine rings is 1. The van der Waals surface area contributed by atoms with Gasteiger partial charge in [0.05, 0.1) is 32.5 Å². The van der Waals surface area contributed by atoms with Crippen LogP contribution < -0.4 is 0 Å². The molecular formula is C27H24BrN5OS. The maximum absolute atomic E-state index is 12.8. The molecule has 1 fully saturated rings. The van der Waals surface area contributed by atoms with Gasteiger partial charge in [-0.15, -0.1) is 11.3 Å². The summed E-state index contributed by atoms with van der Waals surface area (Å²) in [6.07, 6.45) is 6.42. The second-order valence-electron chi connectivity index (χ2n) is 8.87. The van der Waals surface area contributed by atoms with Gasteiger partial charge in [0.2, 0.25) is 0 Å². The number of hydrogen-bond donors (Lipinski definition) is 0.